The van der Waals surface area contributed by atoms with Gasteiger partial charge in [0.2, 0.25) is 5.91 Å². The lowest BCUT2D eigenvalue weighted by molar-refractivity contribution is -0.122. The van der Waals surface area contributed by atoms with Crippen molar-refractivity contribution >= 4 is 17.3 Å². The molecule has 114 valence electrons. The summed E-state index contributed by atoms with van der Waals surface area (Å²) in [5, 5.41) is 9.74. The normalized spacial score (nSPS) is 22.8. The third kappa shape index (κ3) is 3.47. The number of para-hydroxylation sites is 2. The van der Waals surface area contributed by atoms with E-state index in [0.29, 0.717) is 6.54 Å². The van der Waals surface area contributed by atoms with Crippen molar-refractivity contribution < 1.29 is 4.79 Å². The highest BCUT2D eigenvalue weighted by atomic mass is 16.2. The molecular weight excluding hydrogens is 264 g/mol. The van der Waals surface area contributed by atoms with Gasteiger partial charge in [0, 0.05) is 19.1 Å². The van der Waals surface area contributed by atoms with Gasteiger partial charge >= 0.3 is 0 Å². The molecule has 21 heavy (non-hydrogen) atoms. The second kappa shape index (κ2) is 6.35. The lowest BCUT2D eigenvalue weighted by Crippen LogP contribution is -2.50. The highest BCUT2D eigenvalue weighted by Gasteiger charge is 2.25. The lowest BCUT2D eigenvalue weighted by atomic mass is 10.1. The average Bonchev–Trinajstić information content (AvgIpc) is 2.99. The number of hydrogen-bond acceptors (Lipinski definition) is 4. The zero-order valence-electron chi connectivity index (χ0n) is 12.6. The van der Waals surface area contributed by atoms with Crippen LogP contribution in [0, 0.1) is 0 Å². The van der Waals surface area contributed by atoms with Gasteiger partial charge in [-0.25, -0.2) is 0 Å². The van der Waals surface area contributed by atoms with Gasteiger partial charge in [-0.05, 0) is 45.0 Å². The molecule has 0 spiro atoms. The van der Waals surface area contributed by atoms with Crippen molar-refractivity contribution in [3.8, 4) is 0 Å². The van der Waals surface area contributed by atoms with Gasteiger partial charge < -0.3 is 20.9 Å². The van der Waals surface area contributed by atoms with E-state index in [1.807, 2.05) is 24.3 Å². The summed E-state index contributed by atoms with van der Waals surface area (Å²) in [5.74, 6) is 0.0729. The molecule has 2 aliphatic heterocycles. The van der Waals surface area contributed by atoms with Crippen LogP contribution in [-0.4, -0.2) is 49.1 Å². The summed E-state index contributed by atoms with van der Waals surface area (Å²) in [6.45, 7) is 5.98. The number of benzene rings is 1. The Morgan fingerprint density at radius 2 is 2.05 bits per heavy atom. The molecule has 5 heteroatoms. The first-order chi connectivity index (χ1) is 10.2. The minimum Gasteiger partial charge on any atom is -0.381 e. The topological polar surface area (TPSA) is 56.4 Å². The Morgan fingerprint density at radius 1 is 1.33 bits per heavy atom. The first kappa shape index (κ1) is 14.2. The molecule has 0 bridgehead atoms. The fourth-order valence-electron chi connectivity index (χ4n) is 3.11. The van der Waals surface area contributed by atoms with E-state index in [4.69, 9.17) is 0 Å². The van der Waals surface area contributed by atoms with Crippen LogP contribution in [0.3, 0.4) is 0 Å². The largest absolute Gasteiger partial charge is 0.381 e. The molecule has 5 nitrogen and oxygen atoms in total. The molecule has 1 amide bonds. The van der Waals surface area contributed by atoms with E-state index in [2.05, 4.69) is 27.8 Å². The van der Waals surface area contributed by atoms with Gasteiger partial charge in [0.25, 0.3) is 0 Å². The Bertz CT molecular complexity index is 499. The van der Waals surface area contributed by atoms with Gasteiger partial charge in [-0.3, -0.25) is 4.79 Å². The van der Waals surface area contributed by atoms with E-state index in [1.165, 1.54) is 12.8 Å². The highest BCUT2D eigenvalue weighted by molar-refractivity contribution is 5.88. The lowest BCUT2D eigenvalue weighted by Gasteiger charge is -2.29. The number of hydrogen-bond donors (Lipinski definition) is 3. The summed E-state index contributed by atoms with van der Waals surface area (Å²) in [6.07, 6.45) is 2.57. The molecule has 3 rings (SSSR count). The van der Waals surface area contributed by atoms with Gasteiger partial charge in [0.1, 0.15) is 6.04 Å². The summed E-state index contributed by atoms with van der Waals surface area (Å²) in [7, 11) is 0. The third-order valence-electron chi connectivity index (χ3n) is 4.19. The van der Waals surface area contributed by atoms with Crippen LogP contribution in [0.1, 0.15) is 19.8 Å². The monoisotopic (exact) mass is 288 g/mol. The van der Waals surface area contributed by atoms with Crippen molar-refractivity contribution in [1.29, 1.82) is 0 Å². The number of nitrogens with one attached hydrogen (secondary N) is 3. The molecule has 0 aromatic heterocycles. The minimum atomic E-state index is -0.207. The molecule has 2 aliphatic rings. The van der Waals surface area contributed by atoms with Gasteiger partial charge in [-0.2, -0.15) is 0 Å². The maximum Gasteiger partial charge on any atom is 0.244 e. The van der Waals surface area contributed by atoms with E-state index in [1.54, 1.807) is 0 Å². The number of fused-ring (bicyclic) bond motifs is 1. The number of nitrogens with zero attached hydrogens (tertiary/aromatic N) is 1. The Balaban J connectivity index is 1.51. The Labute approximate surface area is 126 Å². The number of likely N-dealkylation sites (tertiary alicyclic amines) is 1. The van der Waals surface area contributed by atoms with Gasteiger partial charge in [0.05, 0.1) is 11.4 Å². The second-order valence-corrected chi connectivity index (χ2v) is 6.04. The molecule has 1 fully saturated rings. The zero-order chi connectivity index (χ0) is 14.7. The smallest absolute Gasteiger partial charge is 0.244 e. The summed E-state index contributed by atoms with van der Waals surface area (Å²) in [4.78, 5) is 14.8. The van der Waals surface area contributed by atoms with Crippen molar-refractivity contribution in [3.63, 3.8) is 0 Å². The van der Waals surface area contributed by atoms with Crippen LogP contribution in [0.25, 0.3) is 0 Å². The number of amides is 1. The van der Waals surface area contributed by atoms with Gasteiger partial charge in [-0.15, -0.1) is 0 Å². The van der Waals surface area contributed by atoms with Crippen LogP contribution in [0.2, 0.25) is 0 Å². The predicted octanol–water partition coefficient (Wildman–Crippen LogP) is 1.49. The standard InChI is InChI=1S/C16H24N4O/c1-12(11-20-8-4-5-9-20)18-16(21)15-10-17-13-6-2-3-7-14(13)19-15/h2-3,6-7,12,15,17,19H,4-5,8-11H2,1H3,(H,18,21). The maximum absolute atomic E-state index is 12.4. The first-order valence-electron chi connectivity index (χ1n) is 7.84. The van der Waals surface area contributed by atoms with Gasteiger partial charge in [-0.1, -0.05) is 12.1 Å². The minimum absolute atomic E-state index is 0.0729. The number of rotatable bonds is 4. The number of carbonyl (C=O) groups is 1. The summed E-state index contributed by atoms with van der Waals surface area (Å²) in [6, 6.07) is 7.97. The summed E-state index contributed by atoms with van der Waals surface area (Å²) < 4.78 is 0. The zero-order valence-corrected chi connectivity index (χ0v) is 12.6. The molecule has 1 aromatic carbocycles. The van der Waals surface area contributed by atoms with E-state index < -0.39 is 0 Å². The average molecular weight is 288 g/mol. The van der Waals surface area contributed by atoms with Crippen LogP contribution in [-0.2, 0) is 4.79 Å². The predicted molar refractivity (Wildman–Crippen MR) is 85.6 cm³/mol. The molecular formula is C16H24N4O. The van der Waals surface area contributed by atoms with Crippen molar-refractivity contribution in [3.05, 3.63) is 24.3 Å². The Morgan fingerprint density at radius 3 is 2.81 bits per heavy atom. The van der Waals surface area contributed by atoms with Crippen molar-refractivity contribution in [2.24, 2.45) is 0 Å². The molecule has 0 radical (unpaired) electrons. The van der Waals surface area contributed by atoms with Crippen LogP contribution in [0.15, 0.2) is 24.3 Å². The Kier molecular flexibility index (Phi) is 4.29. The molecule has 2 atom stereocenters. The molecule has 1 aromatic rings. The molecule has 0 aliphatic carbocycles. The maximum atomic E-state index is 12.4. The SMILES string of the molecule is CC(CN1CCCC1)NC(=O)C1CNc2ccccc2N1. The van der Waals surface area contributed by atoms with Crippen molar-refractivity contribution in [2.75, 3.05) is 36.8 Å². The first-order valence-corrected chi connectivity index (χ1v) is 7.84. The molecule has 0 saturated carbocycles. The summed E-state index contributed by atoms with van der Waals surface area (Å²) >= 11 is 0. The number of anilines is 2. The van der Waals surface area contributed by atoms with E-state index in [-0.39, 0.29) is 18.0 Å². The van der Waals surface area contributed by atoms with E-state index >= 15 is 0 Å². The van der Waals surface area contributed by atoms with Crippen molar-refractivity contribution in [1.82, 2.24) is 10.2 Å². The molecule has 1 saturated heterocycles. The van der Waals surface area contributed by atoms with Gasteiger partial charge in [0.15, 0.2) is 0 Å². The molecule has 2 unspecified atom stereocenters. The summed E-state index contributed by atoms with van der Waals surface area (Å²) in [5.41, 5.74) is 2.06. The fourth-order valence-corrected chi connectivity index (χ4v) is 3.11. The Hall–Kier alpha value is -1.75. The fraction of sp³-hybridized carbons (Fsp3) is 0.562. The van der Waals surface area contributed by atoms with E-state index in [0.717, 1.165) is 31.0 Å². The van der Waals surface area contributed by atoms with Crippen LogP contribution in [0.4, 0.5) is 11.4 Å². The van der Waals surface area contributed by atoms with Crippen LogP contribution >= 0.6 is 0 Å². The van der Waals surface area contributed by atoms with Crippen molar-refractivity contribution in [2.45, 2.75) is 31.8 Å². The number of carbonyl (C=O) groups excluding carboxylic acids is 1. The van der Waals surface area contributed by atoms with Crippen LogP contribution < -0.4 is 16.0 Å². The van der Waals surface area contributed by atoms with E-state index in [9.17, 15) is 4.79 Å². The molecule has 3 N–H and O–H groups in total. The third-order valence-corrected chi connectivity index (χ3v) is 4.19. The van der Waals surface area contributed by atoms with Crippen LogP contribution in [0.5, 0.6) is 0 Å². The quantitative estimate of drug-likeness (QED) is 0.786. The molecule has 2 heterocycles. The second-order valence-electron chi connectivity index (χ2n) is 6.04. The highest BCUT2D eigenvalue weighted by Crippen LogP contribution is 2.25.